The van der Waals surface area contributed by atoms with E-state index in [9.17, 15) is 4.79 Å². The summed E-state index contributed by atoms with van der Waals surface area (Å²) in [7, 11) is 0. The van der Waals surface area contributed by atoms with E-state index in [2.05, 4.69) is 5.32 Å². The molecule has 18 heavy (non-hydrogen) atoms. The van der Waals surface area contributed by atoms with Crippen molar-refractivity contribution in [1.82, 2.24) is 5.32 Å². The van der Waals surface area contributed by atoms with Crippen LogP contribution in [0.1, 0.15) is 40.0 Å². The third kappa shape index (κ3) is 2.93. The van der Waals surface area contributed by atoms with E-state index < -0.39 is 5.60 Å². The van der Waals surface area contributed by atoms with Crippen LogP contribution >= 0.6 is 0 Å². The number of hydrogen-bond donors (Lipinski definition) is 2. The van der Waals surface area contributed by atoms with Crippen LogP contribution in [0.25, 0.3) is 0 Å². The van der Waals surface area contributed by atoms with Crippen molar-refractivity contribution in [2.75, 3.05) is 6.61 Å². The number of nitrogens with one attached hydrogen (secondary N) is 1. The first kappa shape index (κ1) is 13.6. The highest BCUT2D eigenvalue weighted by Crippen LogP contribution is 2.36. The lowest BCUT2D eigenvalue weighted by molar-refractivity contribution is -0.159. The molecule has 0 saturated carbocycles. The number of ether oxygens (including phenoxy) is 1. The molecule has 2 rings (SSSR count). The van der Waals surface area contributed by atoms with Crippen LogP contribution in [0.15, 0.2) is 11.6 Å². The summed E-state index contributed by atoms with van der Waals surface area (Å²) in [6.45, 7) is 5.64. The number of rotatable bonds is 2. The summed E-state index contributed by atoms with van der Waals surface area (Å²) in [5.74, 6) is -0.393. The molecule has 2 aliphatic rings. The SMILES string of the molecule is CC(C)(C)OC(=O)C1C(=CCO)CC2CCC1N2. The Labute approximate surface area is 108 Å². The van der Waals surface area contributed by atoms with Crippen molar-refractivity contribution in [3.8, 4) is 0 Å². The molecule has 2 bridgehead atoms. The van der Waals surface area contributed by atoms with Crippen molar-refractivity contribution >= 4 is 5.97 Å². The number of piperidine rings is 1. The van der Waals surface area contributed by atoms with E-state index in [1.165, 1.54) is 0 Å². The lowest BCUT2D eigenvalue weighted by atomic mass is 9.86. The van der Waals surface area contributed by atoms with E-state index in [4.69, 9.17) is 9.84 Å². The van der Waals surface area contributed by atoms with Crippen molar-refractivity contribution in [3.63, 3.8) is 0 Å². The average Bonchev–Trinajstić information content (AvgIpc) is 2.58. The Bertz CT molecular complexity index is 357. The fraction of sp³-hybridized carbons (Fsp3) is 0.786. The van der Waals surface area contributed by atoms with Gasteiger partial charge >= 0.3 is 5.97 Å². The van der Waals surface area contributed by atoms with E-state index in [0.29, 0.717) is 6.04 Å². The van der Waals surface area contributed by atoms with E-state index in [1.807, 2.05) is 20.8 Å². The number of esters is 1. The first-order valence-corrected chi connectivity index (χ1v) is 6.69. The minimum atomic E-state index is -0.461. The molecule has 2 saturated heterocycles. The Morgan fingerprint density at radius 1 is 1.50 bits per heavy atom. The molecule has 0 aromatic carbocycles. The molecule has 2 aliphatic heterocycles. The third-order valence-electron chi connectivity index (χ3n) is 3.57. The van der Waals surface area contributed by atoms with Crippen LogP contribution in [0.2, 0.25) is 0 Å². The van der Waals surface area contributed by atoms with Gasteiger partial charge in [0.25, 0.3) is 0 Å². The topological polar surface area (TPSA) is 58.6 Å². The second-order valence-electron chi connectivity index (χ2n) is 6.22. The van der Waals surface area contributed by atoms with Crippen LogP contribution in [0, 0.1) is 5.92 Å². The average molecular weight is 253 g/mol. The Balaban J connectivity index is 2.16. The largest absolute Gasteiger partial charge is 0.459 e. The molecule has 3 atom stereocenters. The molecule has 2 N–H and O–H groups in total. The molecule has 4 heteroatoms. The van der Waals surface area contributed by atoms with Gasteiger partial charge in [0.1, 0.15) is 5.60 Å². The first-order valence-electron chi connectivity index (χ1n) is 6.69. The quantitative estimate of drug-likeness (QED) is 0.577. The number of hydrogen-bond acceptors (Lipinski definition) is 4. The maximum absolute atomic E-state index is 12.3. The number of carbonyl (C=O) groups is 1. The molecule has 0 aliphatic carbocycles. The molecular weight excluding hydrogens is 230 g/mol. The highest BCUT2D eigenvalue weighted by atomic mass is 16.6. The summed E-state index contributed by atoms with van der Waals surface area (Å²) >= 11 is 0. The Morgan fingerprint density at radius 3 is 2.83 bits per heavy atom. The van der Waals surface area contributed by atoms with Gasteiger partial charge in [0.15, 0.2) is 0 Å². The van der Waals surface area contributed by atoms with Crippen LogP contribution in [-0.2, 0) is 9.53 Å². The number of aliphatic hydroxyl groups is 1. The molecule has 102 valence electrons. The lowest BCUT2D eigenvalue weighted by Crippen LogP contribution is -2.47. The van der Waals surface area contributed by atoms with Gasteiger partial charge in [-0.15, -0.1) is 0 Å². The fourth-order valence-electron chi connectivity index (χ4n) is 2.95. The molecule has 0 aromatic rings. The summed E-state index contributed by atoms with van der Waals surface area (Å²) < 4.78 is 5.50. The van der Waals surface area contributed by atoms with Crippen LogP contribution < -0.4 is 5.32 Å². The van der Waals surface area contributed by atoms with Gasteiger partial charge in [-0.25, -0.2) is 0 Å². The summed E-state index contributed by atoms with van der Waals surface area (Å²) in [6.07, 6.45) is 4.74. The Kier molecular flexibility index (Phi) is 3.78. The van der Waals surface area contributed by atoms with Gasteiger partial charge in [-0.1, -0.05) is 11.6 Å². The zero-order valence-corrected chi connectivity index (χ0v) is 11.4. The maximum Gasteiger partial charge on any atom is 0.315 e. The predicted octanol–water partition coefficient (Wildman–Crippen LogP) is 1.39. The summed E-state index contributed by atoms with van der Waals surface area (Å²) in [5, 5.41) is 12.6. The minimum absolute atomic E-state index is 0.00588. The minimum Gasteiger partial charge on any atom is -0.459 e. The highest BCUT2D eigenvalue weighted by Gasteiger charge is 2.43. The summed E-state index contributed by atoms with van der Waals surface area (Å²) in [6, 6.07) is 0.642. The maximum atomic E-state index is 12.3. The van der Waals surface area contributed by atoms with Crippen LogP contribution in [0.5, 0.6) is 0 Å². The zero-order valence-electron chi connectivity index (χ0n) is 11.4. The van der Waals surface area contributed by atoms with Gasteiger partial charge < -0.3 is 15.2 Å². The molecule has 4 nitrogen and oxygen atoms in total. The molecule has 0 spiro atoms. The Hall–Kier alpha value is -0.870. The van der Waals surface area contributed by atoms with E-state index in [-0.39, 0.29) is 24.5 Å². The predicted molar refractivity (Wildman–Crippen MR) is 69.1 cm³/mol. The van der Waals surface area contributed by atoms with Crippen LogP contribution in [0.4, 0.5) is 0 Å². The highest BCUT2D eigenvalue weighted by molar-refractivity contribution is 5.77. The summed E-state index contributed by atoms with van der Waals surface area (Å²) in [5.41, 5.74) is 0.578. The second kappa shape index (κ2) is 5.02. The monoisotopic (exact) mass is 253 g/mol. The van der Waals surface area contributed by atoms with Crippen molar-refractivity contribution in [3.05, 3.63) is 11.6 Å². The molecule has 2 fully saturated rings. The van der Waals surface area contributed by atoms with Crippen LogP contribution in [0.3, 0.4) is 0 Å². The van der Waals surface area contributed by atoms with Gasteiger partial charge in [0, 0.05) is 12.1 Å². The number of carbonyl (C=O) groups excluding carboxylic acids is 1. The van der Waals surface area contributed by atoms with Gasteiger partial charge in [-0.05, 0) is 40.0 Å². The van der Waals surface area contributed by atoms with Gasteiger partial charge in [0.05, 0.1) is 12.5 Å². The molecule has 2 heterocycles. The Morgan fingerprint density at radius 2 is 2.22 bits per heavy atom. The first-order chi connectivity index (χ1) is 8.40. The number of fused-ring (bicyclic) bond motifs is 2. The molecule has 0 amide bonds. The van der Waals surface area contributed by atoms with Crippen molar-refractivity contribution in [2.24, 2.45) is 5.92 Å². The fourth-order valence-corrected chi connectivity index (χ4v) is 2.95. The standard InChI is InChI=1S/C14H23NO3/c1-14(2,3)18-13(17)12-9(6-7-16)8-10-4-5-11(12)15-10/h6,10-12,15-16H,4-5,7-8H2,1-3H3. The molecule has 3 unspecified atom stereocenters. The van der Waals surface area contributed by atoms with Gasteiger partial charge in [0.2, 0.25) is 0 Å². The van der Waals surface area contributed by atoms with Crippen molar-refractivity contribution < 1.29 is 14.6 Å². The molecule has 0 radical (unpaired) electrons. The normalized spacial score (nSPS) is 33.8. The molecule has 0 aromatic heterocycles. The third-order valence-corrected chi connectivity index (χ3v) is 3.57. The van der Waals surface area contributed by atoms with Crippen molar-refractivity contribution in [2.45, 2.75) is 57.7 Å². The molecular formula is C14H23NO3. The summed E-state index contributed by atoms with van der Waals surface area (Å²) in [4.78, 5) is 12.3. The smallest absolute Gasteiger partial charge is 0.315 e. The van der Waals surface area contributed by atoms with Crippen molar-refractivity contribution in [1.29, 1.82) is 0 Å². The van der Waals surface area contributed by atoms with Gasteiger partial charge in [-0.3, -0.25) is 4.79 Å². The van der Waals surface area contributed by atoms with E-state index in [0.717, 1.165) is 24.8 Å². The van der Waals surface area contributed by atoms with E-state index in [1.54, 1.807) is 6.08 Å². The lowest BCUT2D eigenvalue weighted by Gasteiger charge is -2.33. The van der Waals surface area contributed by atoms with Gasteiger partial charge in [-0.2, -0.15) is 0 Å². The number of aliphatic hydroxyl groups excluding tert-OH is 1. The van der Waals surface area contributed by atoms with E-state index >= 15 is 0 Å². The van der Waals surface area contributed by atoms with Crippen LogP contribution in [-0.4, -0.2) is 35.4 Å². The second-order valence-corrected chi connectivity index (χ2v) is 6.22. The zero-order chi connectivity index (χ0) is 13.3.